The summed E-state index contributed by atoms with van der Waals surface area (Å²) in [4.78, 5) is 4.54. The fourth-order valence-electron chi connectivity index (χ4n) is 5.73. The number of hydrogen-bond donors (Lipinski definition) is 2. The summed E-state index contributed by atoms with van der Waals surface area (Å²) in [5.41, 5.74) is 6.95. The third-order valence-electron chi connectivity index (χ3n) is 6.03. The summed E-state index contributed by atoms with van der Waals surface area (Å²) in [6.45, 7) is 2.09. The molecule has 4 aliphatic rings. The summed E-state index contributed by atoms with van der Waals surface area (Å²) in [6, 6.07) is 0.0165. The van der Waals surface area contributed by atoms with Gasteiger partial charge in [-0.2, -0.15) is 5.10 Å². The van der Waals surface area contributed by atoms with Crippen molar-refractivity contribution >= 4 is 0 Å². The number of nitrogens with two attached hydrogens (primary N) is 1. The number of nitrogens with one attached hydrogen (secondary N) is 1. The second kappa shape index (κ2) is 4.55. The van der Waals surface area contributed by atoms with Gasteiger partial charge in [0.15, 0.2) is 5.82 Å². The molecule has 4 nitrogen and oxygen atoms in total. The molecule has 4 fully saturated rings. The molecular formula is C16H26N4. The van der Waals surface area contributed by atoms with E-state index in [2.05, 4.69) is 22.1 Å². The minimum Gasteiger partial charge on any atom is -0.321 e. The Bertz CT molecular complexity index is 457. The van der Waals surface area contributed by atoms with E-state index in [-0.39, 0.29) is 6.04 Å². The van der Waals surface area contributed by atoms with Crippen molar-refractivity contribution in [3.63, 3.8) is 0 Å². The molecule has 4 bridgehead atoms. The highest BCUT2D eigenvalue weighted by atomic mass is 15.2. The summed E-state index contributed by atoms with van der Waals surface area (Å²) in [5.74, 6) is 4.77. The molecule has 1 unspecified atom stereocenters. The molecule has 3 N–H and O–H groups in total. The standard InChI is InChI=1S/C16H26N4/c1-2-14-18-15(20-19-14)13(17)9-16-6-10-3-11(7-16)5-12(4-10)8-16/h10-13H,2-9,17H2,1H3,(H,18,19,20). The van der Waals surface area contributed by atoms with E-state index in [1.165, 1.54) is 38.5 Å². The Hall–Kier alpha value is -0.900. The lowest BCUT2D eigenvalue weighted by Gasteiger charge is -2.57. The van der Waals surface area contributed by atoms with Gasteiger partial charge in [0.25, 0.3) is 0 Å². The van der Waals surface area contributed by atoms with E-state index in [0.29, 0.717) is 5.41 Å². The topological polar surface area (TPSA) is 67.6 Å². The molecule has 0 amide bonds. The van der Waals surface area contributed by atoms with Crippen molar-refractivity contribution < 1.29 is 0 Å². The first-order valence-corrected chi connectivity index (χ1v) is 8.32. The molecule has 0 aromatic carbocycles. The molecular weight excluding hydrogens is 248 g/mol. The zero-order valence-corrected chi connectivity index (χ0v) is 12.4. The first-order valence-electron chi connectivity index (χ1n) is 8.32. The van der Waals surface area contributed by atoms with E-state index in [9.17, 15) is 0 Å². The van der Waals surface area contributed by atoms with E-state index in [1.54, 1.807) is 0 Å². The summed E-state index contributed by atoms with van der Waals surface area (Å²) < 4.78 is 0. The van der Waals surface area contributed by atoms with Gasteiger partial charge < -0.3 is 5.73 Å². The highest BCUT2D eigenvalue weighted by Crippen LogP contribution is 2.62. The van der Waals surface area contributed by atoms with E-state index < -0.39 is 0 Å². The Kier molecular flexibility index (Phi) is 2.92. The molecule has 110 valence electrons. The molecule has 1 atom stereocenters. The summed E-state index contributed by atoms with van der Waals surface area (Å²) >= 11 is 0. The SMILES string of the molecule is CCc1nc(C(N)CC23CC4CC(CC(C4)C2)C3)n[nH]1. The van der Waals surface area contributed by atoms with Gasteiger partial charge in [-0.3, -0.25) is 5.10 Å². The van der Waals surface area contributed by atoms with Crippen molar-refractivity contribution in [3.8, 4) is 0 Å². The van der Waals surface area contributed by atoms with Gasteiger partial charge in [-0.1, -0.05) is 6.92 Å². The van der Waals surface area contributed by atoms with E-state index in [0.717, 1.165) is 42.2 Å². The van der Waals surface area contributed by atoms with E-state index >= 15 is 0 Å². The third-order valence-corrected chi connectivity index (χ3v) is 6.03. The Balaban J connectivity index is 1.50. The lowest BCUT2D eigenvalue weighted by atomic mass is 9.48. The molecule has 4 saturated carbocycles. The number of hydrogen-bond acceptors (Lipinski definition) is 3. The third kappa shape index (κ3) is 2.09. The van der Waals surface area contributed by atoms with Crippen LogP contribution in [0, 0.1) is 23.2 Å². The van der Waals surface area contributed by atoms with Crippen LogP contribution in [0.2, 0.25) is 0 Å². The van der Waals surface area contributed by atoms with Crippen LogP contribution in [-0.4, -0.2) is 15.2 Å². The quantitative estimate of drug-likeness (QED) is 0.887. The predicted octanol–water partition coefficient (Wildman–Crippen LogP) is 2.97. The summed E-state index contributed by atoms with van der Waals surface area (Å²) in [7, 11) is 0. The van der Waals surface area contributed by atoms with Gasteiger partial charge in [0.05, 0.1) is 6.04 Å². The second-order valence-corrected chi connectivity index (χ2v) is 7.72. The highest BCUT2D eigenvalue weighted by Gasteiger charge is 2.51. The number of aromatic nitrogens is 3. The average Bonchev–Trinajstić information content (AvgIpc) is 2.85. The largest absolute Gasteiger partial charge is 0.321 e. The van der Waals surface area contributed by atoms with Gasteiger partial charge in [0.1, 0.15) is 5.82 Å². The van der Waals surface area contributed by atoms with Gasteiger partial charge >= 0.3 is 0 Å². The van der Waals surface area contributed by atoms with Crippen molar-refractivity contribution in [2.45, 2.75) is 64.3 Å². The number of aryl methyl sites for hydroxylation is 1. The van der Waals surface area contributed by atoms with Crippen LogP contribution in [0.15, 0.2) is 0 Å². The van der Waals surface area contributed by atoms with Crippen LogP contribution in [0.5, 0.6) is 0 Å². The van der Waals surface area contributed by atoms with Crippen molar-refractivity contribution in [1.29, 1.82) is 0 Å². The van der Waals surface area contributed by atoms with Gasteiger partial charge in [-0.05, 0) is 68.1 Å². The Labute approximate surface area is 120 Å². The Morgan fingerprint density at radius 1 is 1.20 bits per heavy atom. The smallest absolute Gasteiger partial charge is 0.167 e. The molecule has 0 saturated heterocycles. The summed E-state index contributed by atoms with van der Waals surface area (Å²) in [6.07, 6.45) is 10.7. The van der Waals surface area contributed by atoms with Gasteiger partial charge in [-0.15, -0.1) is 0 Å². The maximum atomic E-state index is 6.44. The molecule has 0 aliphatic heterocycles. The van der Waals surface area contributed by atoms with Gasteiger partial charge in [0, 0.05) is 6.42 Å². The van der Waals surface area contributed by atoms with Gasteiger partial charge in [-0.25, -0.2) is 4.98 Å². The molecule has 4 aliphatic carbocycles. The van der Waals surface area contributed by atoms with Crippen molar-refractivity contribution in [3.05, 3.63) is 11.6 Å². The highest BCUT2D eigenvalue weighted by molar-refractivity contribution is 5.05. The molecule has 1 heterocycles. The zero-order chi connectivity index (χ0) is 13.7. The Morgan fingerprint density at radius 2 is 1.80 bits per heavy atom. The van der Waals surface area contributed by atoms with E-state index in [4.69, 9.17) is 5.73 Å². The van der Waals surface area contributed by atoms with Crippen LogP contribution >= 0.6 is 0 Å². The van der Waals surface area contributed by atoms with Crippen molar-refractivity contribution in [2.24, 2.45) is 28.9 Å². The number of nitrogens with zero attached hydrogens (tertiary/aromatic N) is 2. The molecule has 1 aromatic rings. The number of aromatic amines is 1. The first kappa shape index (κ1) is 12.8. The van der Waals surface area contributed by atoms with Crippen molar-refractivity contribution in [2.75, 3.05) is 0 Å². The first-order chi connectivity index (χ1) is 9.66. The summed E-state index contributed by atoms with van der Waals surface area (Å²) in [5, 5.41) is 7.33. The molecule has 0 radical (unpaired) electrons. The van der Waals surface area contributed by atoms with Gasteiger partial charge in [0.2, 0.25) is 0 Å². The molecule has 4 heteroatoms. The number of rotatable bonds is 4. The van der Waals surface area contributed by atoms with Crippen LogP contribution in [0.4, 0.5) is 0 Å². The van der Waals surface area contributed by atoms with Crippen LogP contribution < -0.4 is 5.73 Å². The number of H-pyrrole nitrogens is 1. The van der Waals surface area contributed by atoms with Crippen molar-refractivity contribution in [1.82, 2.24) is 15.2 Å². The average molecular weight is 274 g/mol. The minimum absolute atomic E-state index is 0.0165. The molecule has 1 aromatic heterocycles. The van der Waals surface area contributed by atoms with Crippen LogP contribution in [-0.2, 0) is 6.42 Å². The Morgan fingerprint density at radius 3 is 2.30 bits per heavy atom. The normalized spacial score (nSPS) is 40.2. The fraction of sp³-hybridized carbons (Fsp3) is 0.875. The molecule has 0 spiro atoms. The van der Waals surface area contributed by atoms with Crippen LogP contribution in [0.1, 0.15) is 69.6 Å². The lowest BCUT2D eigenvalue weighted by Crippen LogP contribution is -2.47. The van der Waals surface area contributed by atoms with E-state index in [1.807, 2.05) is 0 Å². The zero-order valence-electron chi connectivity index (χ0n) is 12.4. The minimum atomic E-state index is 0.0165. The monoisotopic (exact) mass is 274 g/mol. The fourth-order valence-corrected chi connectivity index (χ4v) is 5.73. The molecule has 5 rings (SSSR count). The molecule has 20 heavy (non-hydrogen) atoms. The predicted molar refractivity (Wildman–Crippen MR) is 77.9 cm³/mol. The second-order valence-electron chi connectivity index (χ2n) is 7.72. The maximum Gasteiger partial charge on any atom is 0.167 e. The lowest BCUT2D eigenvalue weighted by molar-refractivity contribution is -0.0608. The van der Waals surface area contributed by atoms with Crippen LogP contribution in [0.25, 0.3) is 0 Å². The maximum absolute atomic E-state index is 6.44. The van der Waals surface area contributed by atoms with Crippen LogP contribution in [0.3, 0.4) is 0 Å².